The van der Waals surface area contributed by atoms with E-state index in [1.807, 2.05) is 0 Å². The minimum Gasteiger partial charge on any atom is -0.497 e. The lowest BCUT2D eigenvalue weighted by molar-refractivity contribution is -0.114. The summed E-state index contributed by atoms with van der Waals surface area (Å²) in [7, 11) is 1.54. The van der Waals surface area contributed by atoms with Crippen LogP contribution >= 0.6 is 11.8 Å². The molecule has 4 rings (SSSR count). The summed E-state index contributed by atoms with van der Waals surface area (Å²) >= 11 is 1.15. The Hall–Kier alpha value is -4.95. The number of benzene rings is 2. The number of methoxy groups -OCH3 is 1. The SMILES string of the molecule is CCOC(=O)c1ccc(NC(=O)C2=C(C)NC(SCC(=O)Nc3cccc(OC)c3)=C(C#N)[C@@H]2c2ccco2)cc1. The molecule has 0 unspecified atom stereocenters. The second kappa shape index (κ2) is 13.4. The first-order valence-corrected chi connectivity index (χ1v) is 13.6. The van der Waals surface area contributed by atoms with Crippen LogP contribution in [0.4, 0.5) is 11.4 Å². The molecule has 0 spiro atoms. The van der Waals surface area contributed by atoms with Crippen molar-refractivity contribution in [2.24, 2.45) is 0 Å². The second-order valence-electron chi connectivity index (χ2n) is 8.79. The van der Waals surface area contributed by atoms with Crippen LogP contribution in [0.2, 0.25) is 0 Å². The monoisotopic (exact) mass is 572 g/mol. The number of carbonyl (C=O) groups is 3. The Morgan fingerprint density at radius 1 is 1.07 bits per heavy atom. The second-order valence-corrected chi connectivity index (χ2v) is 9.77. The molecule has 11 heteroatoms. The maximum atomic E-state index is 13.5. The zero-order valence-electron chi connectivity index (χ0n) is 22.6. The van der Waals surface area contributed by atoms with Gasteiger partial charge in [-0.15, -0.1) is 0 Å². The summed E-state index contributed by atoms with van der Waals surface area (Å²) in [6.07, 6.45) is 1.47. The van der Waals surface area contributed by atoms with E-state index in [-0.39, 0.29) is 29.4 Å². The third-order valence-corrected chi connectivity index (χ3v) is 7.09. The summed E-state index contributed by atoms with van der Waals surface area (Å²) in [6, 6.07) is 18.9. The summed E-state index contributed by atoms with van der Waals surface area (Å²) in [5.74, 6) is -0.958. The van der Waals surface area contributed by atoms with Crippen molar-refractivity contribution in [1.29, 1.82) is 5.26 Å². The molecule has 1 aliphatic rings. The van der Waals surface area contributed by atoms with Gasteiger partial charge in [-0.2, -0.15) is 5.26 Å². The Morgan fingerprint density at radius 2 is 1.85 bits per heavy atom. The van der Waals surface area contributed by atoms with E-state index in [9.17, 15) is 19.6 Å². The normalized spacial score (nSPS) is 14.5. The lowest BCUT2D eigenvalue weighted by Crippen LogP contribution is -2.31. The van der Waals surface area contributed by atoms with Crippen LogP contribution in [-0.4, -0.2) is 37.3 Å². The van der Waals surface area contributed by atoms with Crippen molar-refractivity contribution in [3.05, 3.63) is 100 Å². The van der Waals surface area contributed by atoms with E-state index in [1.165, 1.54) is 6.26 Å². The highest BCUT2D eigenvalue weighted by molar-refractivity contribution is 8.03. The average Bonchev–Trinajstić information content (AvgIpc) is 3.51. The van der Waals surface area contributed by atoms with Crippen LogP contribution in [-0.2, 0) is 14.3 Å². The number of allylic oxidation sites excluding steroid dienone is 2. The molecule has 3 aromatic rings. The van der Waals surface area contributed by atoms with Crippen LogP contribution in [0, 0.1) is 11.3 Å². The fourth-order valence-electron chi connectivity index (χ4n) is 4.21. The summed E-state index contributed by atoms with van der Waals surface area (Å²) in [5.41, 5.74) is 2.43. The van der Waals surface area contributed by atoms with Gasteiger partial charge in [-0.25, -0.2) is 4.79 Å². The molecule has 0 fully saturated rings. The Balaban J connectivity index is 1.54. The van der Waals surface area contributed by atoms with Crippen LogP contribution in [0.15, 0.2) is 93.2 Å². The number of carbonyl (C=O) groups excluding carboxylic acids is 3. The van der Waals surface area contributed by atoms with E-state index in [0.29, 0.717) is 39.2 Å². The number of amides is 2. The Kier molecular flexibility index (Phi) is 9.50. The highest BCUT2D eigenvalue weighted by Gasteiger charge is 2.36. The van der Waals surface area contributed by atoms with Gasteiger partial charge in [0.15, 0.2) is 0 Å². The zero-order valence-corrected chi connectivity index (χ0v) is 23.5. The Labute approximate surface area is 241 Å². The molecule has 1 atom stereocenters. The third kappa shape index (κ3) is 6.98. The number of furan rings is 1. The van der Waals surface area contributed by atoms with Crippen LogP contribution in [0.1, 0.15) is 35.9 Å². The molecule has 1 aromatic heterocycles. The van der Waals surface area contributed by atoms with Crippen molar-refractivity contribution in [3.8, 4) is 11.8 Å². The average molecular weight is 573 g/mol. The molecule has 2 heterocycles. The predicted octanol–water partition coefficient (Wildman–Crippen LogP) is 5.17. The van der Waals surface area contributed by atoms with E-state index < -0.39 is 17.8 Å². The molecule has 10 nitrogen and oxygen atoms in total. The largest absolute Gasteiger partial charge is 0.497 e. The molecule has 41 heavy (non-hydrogen) atoms. The molecule has 2 aromatic carbocycles. The van der Waals surface area contributed by atoms with Gasteiger partial charge in [-0.3, -0.25) is 9.59 Å². The Bertz CT molecular complexity index is 1540. The molecule has 2 amide bonds. The smallest absolute Gasteiger partial charge is 0.338 e. The number of nitrogens with one attached hydrogen (secondary N) is 3. The predicted molar refractivity (Wildman–Crippen MR) is 155 cm³/mol. The molecule has 210 valence electrons. The Morgan fingerprint density at radius 3 is 2.51 bits per heavy atom. The van der Waals surface area contributed by atoms with Gasteiger partial charge in [-0.1, -0.05) is 17.8 Å². The molecule has 0 saturated heterocycles. The van der Waals surface area contributed by atoms with Crippen LogP contribution in [0.5, 0.6) is 5.75 Å². The first-order valence-electron chi connectivity index (χ1n) is 12.6. The highest BCUT2D eigenvalue weighted by Crippen LogP contribution is 2.41. The number of nitrogens with zero attached hydrogens (tertiary/aromatic N) is 1. The van der Waals surface area contributed by atoms with Gasteiger partial charge < -0.3 is 29.8 Å². The van der Waals surface area contributed by atoms with Crippen molar-refractivity contribution >= 4 is 40.9 Å². The number of rotatable bonds is 10. The first-order chi connectivity index (χ1) is 19.8. The van der Waals surface area contributed by atoms with E-state index in [2.05, 4.69) is 22.0 Å². The molecule has 0 saturated carbocycles. The van der Waals surface area contributed by atoms with E-state index >= 15 is 0 Å². The maximum Gasteiger partial charge on any atom is 0.338 e. The van der Waals surface area contributed by atoms with Crippen LogP contribution < -0.4 is 20.7 Å². The number of esters is 1. The lowest BCUT2D eigenvalue weighted by atomic mass is 9.85. The first kappa shape index (κ1) is 29.0. The topological polar surface area (TPSA) is 143 Å². The third-order valence-electron chi connectivity index (χ3n) is 6.07. The summed E-state index contributed by atoms with van der Waals surface area (Å²) in [5, 5.41) is 19.4. The van der Waals surface area contributed by atoms with E-state index in [1.54, 1.807) is 81.6 Å². The number of ether oxygens (including phenoxy) is 2. The number of nitriles is 1. The number of hydrogen-bond acceptors (Lipinski definition) is 9. The minimum atomic E-state index is -0.806. The molecule has 0 radical (unpaired) electrons. The number of hydrogen-bond donors (Lipinski definition) is 3. The van der Waals surface area contributed by atoms with E-state index in [0.717, 1.165) is 11.8 Å². The van der Waals surface area contributed by atoms with Crippen molar-refractivity contribution < 1.29 is 28.3 Å². The van der Waals surface area contributed by atoms with Crippen LogP contribution in [0.25, 0.3) is 0 Å². The van der Waals surface area contributed by atoms with Gasteiger partial charge in [0, 0.05) is 23.1 Å². The summed E-state index contributed by atoms with van der Waals surface area (Å²) < 4.78 is 15.8. The fraction of sp³-hybridized carbons (Fsp3) is 0.200. The van der Waals surface area contributed by atoms with E-state index in [4.69, 9.17) is 13.9 Å². The van der Waals surface area contributed by atoms with Crippen molar-refractivity contribution in [1.82, 2.24) is 5.32 Å². The number of dihydropyridines is 1. The molecule has 3 N–H and O–H groups in total. The highest BCUT2D eigenvalue weighted by atomic mass is 32.2. The van der Waals surface area contributed by atoms with Gasteiger partial charge >= 0.3 is 5.97 Å². The summed E-state index contributed by atoms with van der Waals surface area (Å²) in [6.45, 7) is 3.70. The lowest BCUT2D eigenvalue weighted by Gasteiger charge is -2.28. The van der Waals surface area contributed by atoms with Gasteiger partial charge in [0.05, 0.1) is 59.5 Å². The van der Waals surface area contributed by atoms with Crippen molar-refractivity contribution in [2.45, 2.75) is 19.8 Å². The maximum absolute atomic E-state index is 13.5. The molecular formula is C30H28N4O6S. The van der Waals surface area contributed by atoms with Crippen molar-refractivity contribution in [2.75, 3.05) is 30.1 Å². The standard InChI is InChI=1S/C30H28N4O6S/c1-4-39-30(37)19-10-12-20(13-11-19)34-28(36)26-18(2)32-29(23(16-31)27(26)24-9-6-14-40-24)41-17-25(35)33-21-7-5-8-22(15-21)38-3/h5-15,27,32H,4,17H2,1-3H3,(H,33,35)(H,34,36)/t27-/m1/s1. The quantitative estimate of drug-likeness (QED) is 0.280. The molecule has 0 bridgehead atoms. The van der Waals surface area contributed by atoms with Gasteiger partial charge in [0.2, 0.25) is 5.91 Å². The van der Waals surface area contributed by atoms with Gasteiger partial charge in [0.25, 0.3) is 5.91 Å². The number of thioether (sulfide) groups is 1. The van der Waals surface area contributed by atoms with Crippen molar-refractivity contribution in [3.63, 3.8) is 0 Å². The number of anilines is 2. The van der Waals surface area contributed by atoms with Gasteiger partial charge in [0.1, 0.15) is 11.5 Å². The van der Waals surface area contributed by atoms with Crippen LogP contribution in [0.3, 0.4) is 0 Å². The minimum absolute atomic E-state index is 0.0111. The van der Waals surface area contributed by atoms with Gasteiger partial charge in [-0.05, 0) is 62.4 Å². The molecular weight excluding hydrogens is 544 g/mol. The fourth-order valence-corrected chi connectivity index (χ4v) is 5.10. The summed E-state index contributed by atoms with van der Waals surface area (Å²) in [4.78, 5) is 38.2. The molecule has 1 aliphatic heterocycles. The zero-order chi connectivity index (χ0) is 29.4. The molecule has 0 aliphatic carbocycles.